The van der Waals surface area contributed by atoms with Crippen LogP contribution in [0, 0.1) is 5.41 Å². The van der Waals surface area contributed by atoms with Gasteiger partial charge in [0, 0.05) is 42.0 Å². The number of nitrogens with zero attached hydrogens (tertiary/aromatic N) is 1. The van der Waals surface area contributed by atoms with Gasteiger partial charge in [0.1, 0.15) is 16.9 Å². The normalized spacial score (nSPS) is 26.5. The average molecular weight is 391 g/mol. The van der Waals surface area contributed by atoms with E-state index in [0.29, 0.717) is 0 Å². The number of hydrogen-bond donors (Lipinski definition) is 2. The first kappa shape index (κ1) is 18.5. The fraction of sp³-hybridized carbons (Fsp3) is 0.300. The molecule has 0 fully saturated rings. The molecule has 4 rings (SSSR count). The standard InChI is InChI=1S/C20H17F4N3O/c1-18-10-12(21)5-6-15(18)27-16-14(7-9-26-17(16)28)19(18,20(22,23)24)11-13-4-2-3-8-25-13/h2-9,27H,10-11H2,1H3,(H,26,28). The van der Waals surface area contributed by atoms with Gasteiger partial charge in [0.25, 0.3) is 5.56 Å². The number of aromatic amines is 1. The summed E-state index contributed by atoms with van der Waals surface area (Å²) in [6.07, 6.45) is -0.711. The molecule has 146 valence electrons. The van der Waals surface area contributed by atoms with E-state index in [-0.39, 0.29) is 22.6 Å². The minimum absolute atomic E-state index is 0.159. The van der Waals surface area contributed by atoms with E-state index in [1.165, 1.54) is 37.5 Å². The maximum absolute atomic E-state index is 14.9. The van der Waals surface area contributed by atoms with Crippen LogP contribution in [0.5, 0.6) is 0 Å². The van der Waals surface area contributed by atoms with Crippen molar-refractivity contribution in [2.45, 2.75) is 31.4 Å². The lowest BCUT2D eigenvalue weighted by Crippen LogP contribution is -2.61. The van der Waals surface area contributed by atoms with E-state index in [4.69, 9.17) is 0 Å². The van der Waals surface area contributed by atoms with Crippen molar-refractivity contribution in [3.8, 4) is 0 Å². The Morgan fingerprint density at radius 2 is 2.00 bits per heavy atom. The van der Waals surface area contributed by atoms with E-state index in [1.807, 2.05) is 0 Å². The number of rotatable bonds is 2. The highest BCUT2D eigenvalue weighted by Crippen LogP contribution is 2.63. The van der Waals surface area contributed by atoms with E-state index in [9.17, 15) is 22.4 Å². The van der Waals surface area contributed by atoms with Crippen LogP contribution in [0.15, 0.2) is 65.1 Å². The Balaban J connectivity index is 2.09. The number of halogens is 4. The third kappa shape index (κ3) is 2.43. The molecule has 2 unspecified atom stereocenters. The topological polar surface area (TPSA) is 57.8 Å². The SMILES string of the molecule is CC12CC(F)=CC=C1Nc1c(cc[nH]c1=O)C2(Cc1ccccn1)C(F)(F)F. The summed E-state index contributed by atoms with van der Waals surface area (Å²) in [5.74, 6) is -0.643. The Bertz CT molecular complexity index is 1040. The van der Waals surface area contributed by atoms with Crippen LogP contribution in [0.2, 0.25) is 0 Å². The Morgan fingerprint density at radius 1 is 1.21 bits per heavy atom. The van der Waals surface area contributed by atoms with Crippen molar-refractivity contribution in [3.63, 3.8) is 0 Å². The van der Waals surface area contributed by atoms with Crippen LogP contribution in [0.4, 0.5) is 23.2 Å². The number of fused-ring (bicyclic) bond motifs is 2. The van der Waals surface area contributed by atoms with Gasteiger partial charge < -0.3 is 10.3 Å². The summed E-state index contributed by atoms with van der Waals surface area (Å²) in [6, 6.07) is 5.97. The summed E-state index contributed by atoms with van der Waals surface area (Å²) in [7, 11) is 0. The number of alkyl halides is 3. The monoisotopic (exact) mass is 391 g/mol. The zero-order chi connectivity index (χ0) is 20.2. The Hall–Kier alpha value is -2.90. The molecule has 0 radical (unpaired) electrons. The first-order chi connectivity index (χ1) is 13.2. The molecule has 0 bridgehead atoms. The Kier molecular flexibility index (Phi) is 3.99. The van der Waals surface area contributed by atoms with Crippen molar-refractivity contribution in [1.29, 1.82) is 0 Å². The third-order valence-corrected chi connectivity index (χ3v) is 5.83. The minimum atomic E-state index is -4.78. The van der Waals surface area contributed by atoms with Crippen molar-refractivity contribution >= 4 is 5.69 Å². The first-order valence-corrected chi connectivity index (χ1v) is 8.72. The van der Waals surface area contributed by atoms with Crippen molar-refractivity contribution in [3.05, 3.63) is 81.9 Å². The molecule has 8 heteroatoms. The fourth-order valence-corrected chi connectivity index (χ4v) is 4.43. The van der Waals surface area contributed by atoms with Crippen LogP contribution in [-0.4, -0.2) is 16.1 Å². The van der Waals surface area contributed by atoms with Gasteiger partial charge in [-0.1, -0.05) is 13.0 Å². The highest BCUT2D eigenvalue weighted by molar-refractivity contribution is 5.65. The molecule has 2 N–H and O–H groups in total. The fourth-order valence-electron chi connectivity index (χ4n) is 4.43. The summed E-state index contributed by atoms with van der Waals surface area (Å²) in [4.78, 5) is 18.8. The van der Waals surface area contributed by atoms with Crippen molar-refractivity contribution < 1.29 is 17.6 Å². The van der Waals surface area contributed by atoms with Crippen LogP contribution in [0.3, 0.4) is 0 Å². The maximum Gasteiger partial charge on any atom is 0.399 e. The van der Waals surface area contributed by atoms with Crippen molar-refractivity contribution in [2.24, 2.45) is 5.41 Å². The summed E-state index contributed by atoms with van der Waals surface area (Å²) in [6.45, 7) is 1.39. The quantitative estimate of drug-likeness (QED) is 0.747. The van der Waals surface area contributed by atoms with Crippen molar-refractivity contribution in [2.75, 3.05) is 5.32 Å². The molecule has 2 aliphatic rings. The van der Waals surface area contributed by atoms with Gasteiger partial charge in [-0.2, -0.15) is 13.2 Å². The van der Waals surface area contributed by atoms with Gasteiger partial charge in [-0.15, -0.1) is 0 Å². The minimum Gasteiger partial charge on any atom is -0.354 e. The number of allylic oxidation sites excluding steroid dienone is 4. The zero-order valence-electron chi connectivity index (χ0n) is 14.9. The lowest BCUT2D eigenvalue weighted by molar-refractivity contribution is -0.220. The van der Waals surface area contributed by atoms with E-state index >= 15 is 0 Å². The number of aromatic nitrogens is 2. The molecule has 1 aliphatic heterocycles. The van der Waals surface area contributed by atoms with Crippen LogP contribution in [0.1, 0.15) is 24.6 Å². The molecular formula is C20H17F4N3O. The molecule has 1 aliphatic carbocycles. The largest absolute Gasteiger partial charge is 0.399 e. The Labute approximate surface area is 158 Å². The second-order valence-corrected chi connectivity index (χ2v) is 7.32. The number of hydrogen-bond acceptors (Lipinski definition) is 3. The summed E-state index contributed by atoms with van der Waals surface area (Å²) in [5.41, 5.74) is -4.89. The van der Waals surface area contributed by atoms with Crippen LogP contribution >= 0.6 is 0 Å². The highest BCUT2D eigenvalue weighted by atomic mass is 19.4. The molecule has 0 spiro atoms. The number of pyridine rings is 2. The maximum atomic E-state index is 14.9. The van der Waals surface area contributed by atoms with Crippen LogP contribution in [0.25, 0.3) is 0 Å². The van der Waals surface area contributed by atoms with E-state index in [2.05, 4.69) is 15.3 Å². The third-order valence-electron chi connectivity index (χ3n) is 5.83. The summed E-state index contributed by atoms with van der Waals surface area (Å²) < 4.78 is 59.0. The molecular weight excluding hydrogens is 374 g/mol. The lowest BCUT2D eigenvalue weighted by Gasteiger charge is -2.55. The predicted molar refractivity (Wildman–Crippen MR) is 96.4 cm³/mol. The van der Waals surface area contributed by atoms with Crippen LogP contribution < -0.4 is 10.9 Å². The van der Waals surface area contributed by atoms with Gasteiger partial charge in [-0.05, 0) is 35.9 Å². The average Bonchev–Trinajstić information content (AvgIpc) is 2.62. The molecule has 2 aromatic rings. The zero-order valence-corrected chi connectivity index (χ0v) is 14.9. The number of H-pyrrole nitrogens is 1. The van der Waals surface area contributed by atoms with Crippen LogP contribution in [-0.2, 0) is 11.8 Å². The van der Waals surface area contributed by atoms with Gasteiger partial charge in [-0.25, -0.2) is 4.39 Å². The van der Waals surface area contributed by atoms with E-state index < -0.39 is 41.2 Å². The molecule has 3 heterocycles. The first-order valence-electron chi connectivity index (χ1n) is 8.72. The molecule has 2 aromatic heterocycles. The van der Waals surface area contributed by atoms with Gasteiger partial charge in [0.15, 0.2) is 0 Å². The van der Waals surface area contributed by atoms with Gasteiger partial charge in [-0.3, -0.25) is 9.78 Å². The van der Waals surface area contributed by atoms with E-state index in [1.54, 1.807) is 12.1 Å². The molecule has 0 saturated heterocycles. The number of nitrogens with one attached hydrogen (secondary N) is 2. The summed E-state index contributed by atoms with van der Waals surface area (Å²) >= 11 is 0. The van der Waals surface area contributed by atoms with Gasteiger partial charge >= 0.3 is 6.18 Å². The lowest BCUT2D eigenvalue weighted by atomic mass is 9.52. The molecule has 28 heavy (non-hydrogen) atoms. The summed E-state index contributed by atoms with van der Waals surface area (Å²) in [5, 5.41) is 2.83. The highest BCUT2D eigenvalue weighted by Gasteiger charge is 2.69. The predicted octanol–water partition coefficient (Wildman–Crippen LogP) is 4.39. The van der Waals surface area contributed by atoms with E-state index in [0.717, 1.165) is 6.08 Å². The number of anilines is 1. The molecule has 0 aromatic carbocycles. The molecule has 0 amide bonds. The smallest absolute Gasteiger partial charge is 0.354 e. The van der Waals surface area contributed by atoms with Crippen molar-refractivity contribution in [1.82, 2.24) is 9.97 Å². The molecule has 2 atom stereocenters. The molecule has 4 nitrogen and oxygen atoms in total. The molecule has 0 saturated carbocycles. The second kappa shape index (κ2) is 6.05. The second-order valence-electron chi connectivity index (χ2n) is 7.32. The van der Waals surface area contributed by atoms with Gasteiger partial charge in [0.2, 0.25) is 0 Å². The van der Waals surface area contributed by atoms with Gasteiger partial charge in [0.05, 0.1) is 0 Å². The Morgan fingerprint density at radius 3 is 2.68 bits per heavy atom.